The van der Waals surface area contributed by atoms with E-state index in [1.54, 1.807) is 26.8 Å². The number of aromatic hydroxyl groups is 2. The van der Waals surface area contributed by atoms with E-state index in [-0.39, 0.29) is 23.3 Å². The van der Waals surface area contributed by atoms with Gasteiger partial charge in [-0.1, -0.05) is 6.07 Å². The first-order chi connectivity index (χ1) is 24.7. The first-order valence-corrected chi connectivity index (χ1v) is 16.7. The number of aryl methyl sites for hydroxylation is 1. The molecule has 0 bridgehead atoms. The summed E-state index contributed by atoms with van der Waals surface area (Å²) in [4.78, 5) is 27.9. The van der Waals surface area contributed by atoms with Gasteiger partial charge < -0.3 is 54.5 Å². The van der Waals surface area contributed by atoms with Crippen LogP contribution in [0.25, 0.3) is 38.3 Å². The van der Waals surface area contributed by atoms with Gasteiger partial charge in [0.2, 0.25) is 0 Å². The van der Waals surface area contributed by atoms with Gasteiger partial charge in [-0.2, -0.15) is 0 Å². The third-order valence-electron chi connectivity index (χ3n) is 9.82. The zero-order valence-corrected chi connectivity index (χ0v) is 28.6. The molecule has 0 aliphatic carbocycles. The number of H-pyrrole nitrogens is 1. The summed E-state index contributed by atoms with van der Waals surface area (Å²) >= 11 is 0. The number of nitrogens with zero attached hydrogens (tertiary/aromatic N) is 1. The van der Waals surface area contributed by atoms with Gasteiger partial charge in [0.15, 0.2) is 16.8 Å². The lowest BCUT2D eigenvalue weighted by Crippen LogP contribution is -2.57. The van der Waals surface area contributed by atoms with Crippen molar-refractivity contribution in [3.63, 3.8) is 0 Å². The molecule has 7 rings (SSSR count). The zero-order valence-electron chi connectivity index (χ0n) is 28.6. The Morgan fingerprint density at radius 2 is 1.83 bits per heavy atom. The van der Waals surface area contributed by atoms with Crippen LogP contribution in [0.3, 0.4) is 0 Å². The predicted octanol–water partition coefficient (Wildman–Crippen LogP) is 3.02. The van der Waals surface area contributed by atoms with Crippen molar-refractivity contribution in [2.75, 3.05) is 13.2 Å². The Morgan fingerprint density at radius 3 is 2.58 bits per heavy atom. The molecule has 6 aromatic rings. The highest BCUT2D eigenvalue weighted by atomic mass is 17.2. The summed E-state index contributed by atoms with van der Waals surface area (Å²) < 4.78 is 14.6. The highest BCUT2D eigenvalue weighted by Gasteiger charge is 2.46. The minimum Gasteiger partial charge on any atom is -0.508 e. The van der Waals surface area contributed by atoms with E-state index in [4.69, 9.17) is 18.9 Å². The second kappa shape index (κ2) is 13.2. The molecule has 5 atom stereocenters. The van der Waals surface area contributed by atoms with Crippen LogP contribution in [0.5, 0.6) is 17.2 Å². The van der Waals surface area contributed by atoms with Crippen molar-refractivity contribution in [3.8, 4) is 22.9 Å². The summed E-state index contributed by atoms with van der Waals surface area (Å²) in [6.45, 7) is 3.61. The predicted molar refractivity (Wildman–Crippen MR) is 189 cm³/mol. The van der Waals surface area contributed by atoms with Crippen LogP contribution in [0.4, 0.5) is 0 Å². The maximum absolute atomic E-state index is 13.2. The largest absolute Gasteiger partial charge is 0.508 e. The molecule has 0 saturated carbocycles. The molecule has 8 N–H and O–H groups in total. The van der Waals surface area contributed by atoms with Gasteiger partial charge in [0.1, 0.15) is 65.2 Å². The van der Waals surface area contributed by atoms with Crippen LogP contribution < -0.4 is 10.2 Å². The maximum Gasteiger partial charge on any atom is 0.193 e. The minimum absolute atomic E-state index is 0.0869. The number of hydrogen-bond donors (Lipinski definition) is 8. The highest BCUT2D eigenvalue weighted by molar-refractivity contribution is 5.92. The van der Waals surface area contributed by atoms with Crippen LogP contribution in [0.15, 0.2) is 76.3 Å². The average Bonchev–Trinajstić information content (AvgIpc) is 3.71. The van der Waals surface area contributed by atoms with Crippen molar-refractivity contribution in [3.05, 3.63) is 94.2 Å². The summed E-state index contributed by atoms with van der Waals surface area (Å²) in [5, 5.41) is 75.9. The number of hydrogen-bond acceptors (Lipinski definition) is 12. The number of rotatable bonds is 11. The van der Waals surface area contributed by atoms with E-state index in [2.05, 4.69) is 4.98 Å². The smallest absolute Gasteiger partial charge is 0.193 e. The number of aromatic nitrogens is 2. The Hall–Kier alpha value is -4.93. The number of benzene rings is 3. The zero-order chi connectivity index (χ0) is 37.1. The average molecular weight is 717 g/mol. The molecular formula is C38H40N2O12. The van der Waals surface area contributed by atoms with Crippen molar-refractivity contribution < 1.29 is 54.7 Å². The van der Waals surface area contributed by atoms with Crippen molar-refractivity contribution in [1.82, 2.24) is 9.55 Å². The van der Waals surface area contributed by atoms with E-state index in [9.17, 15) is 40.5 Å². The Balaban J connectivity index is 1.21. The Labute approximate surface area is 296 Å². The lowest BCUT2D eigenvalue weighted by Gasteiger charge is -2.41. The molecular weight excluding hydrogens is 676 g/mol. The molecule has 14 heteroatoms. The van der Waals surface area contributed by atoms with Crippen molar-refractivity contribution in [2.24, 2.45) is 0 Å². The van der Waals surface area contributed by atoms with Crippen molar-refractivity contribution in [1.29, 1.82) is 0 Å². The molecule has 5 unspecified atom stereocenters. The van der Waals surface area contributed by atoms with Gasteiger partial charge >= 0.3 is 0 Å². The molecule has 0 saturated heterocycles. The van der Waals surface area contributed by atoms with Crippen molar-refractivity contribution >= 4 is 32.6 Å². The number of aliphatic hydroxyl groups excluding tert-OH is 4. The molecule has 52 heavy (non-hydrogen) atoms. The highest BCUT2D eigenvalue weighted by Crippen LogP contribution is 2.43. The normalized spacial score (nSPS) is 18.6. The standard InChI is InChI=1S/C38H40N2O12/c1-19-10-29(44)26-11-22-12-31(37(2,3)51-34(22)32(35(26)50-19)40-15-21-8-9-39-27(21)16-40)52-49-18-38(48,36(47)33(46)30(45)17-41)14-20-4-7-28(43)24-6-5-23(42)13-25(20)24/h4-11,13,15-16,30-31,33,36,39,41-43,45-48H,12,14,17-18H2,1-3H3. The number of aliphatic hydroxyl groups is 5. The van der Waals surface area contributed by atoms with E-state index in [0.29, 0.717) is 50.1 Å². The van der Waals surface area contributed by atoms with Crippen LogP contribution in [0, 0.1) is 6.92 Å². The molecule has 1 aliphatic rings. The quantitative estimate of drug-likeness (QED) is 0.0717. The monoisotopic (exact) mass is 716 g/mol. The van der Waals surface area contributed by atoms with E-state index in [1.807, 2.05) is 29.2 Å². The molecule has 0 fully saturated rings. The number of ether oxygens (including phenoxy) is 1. The number of phenols is 2. The Morgan fingerprint density at radius 1 is 1.04 bits per heavy atom. The van der Waals surface area contributed by atoms with E-state index < -0.39 is 55.3 Å². The molecule has 3 aromatic carbocycles. The fourth-order valence-electron chi connectivity index (χ4n) is 6.89. The van der Waals surface area contributed by atoms with Gasteiger partial charge in [-0.25, -0.2) is 9.78 Å². The third kappa shape index (κ3) is 6.28. The topological polar surface area (TPSA) is 220 Å². The van der Waals surface area contributed by atoms with Crippen LogP contribution in [0.2, 0.25) is 0 Å². The van der Waals surface area contributed by atoms with Gasteiger partial charge in [-0.15, -0.1) is 0 Å². The van der Waals surface area contributed by atoms with Gasteiger partial charge in [-0.05, 0) is 68.1 Å². The van der Waals surface area contributed by atoms with Crippen LogP contribution >= 0.6 is 0 Å². The molecule has 3 aromatic heterocycles. The number of fused-ring (bicyclic) bond motifs is 4. The second-order valence-electron chi connectivity index (χ2n) is 14.0. The van der Waals surface area contributed by atoms with Crippen LogP contribution in [-0.4, -0.2) is 94.1 Å². The molecule has 274 valence electrons. The number of nitrogens with one attached hydrogen (secondary N) is 1. The molecule has 4 heterocycles. The second-order valence-corrected chi connectivity index (χ2v) is 14.0. The first-order valence-electron chi connectivity index (χ1n) is 16.7. The lowest BCUT2D eigenvalue weighted by atomic mass is 9.84. The lowest BCUT2D eigenvalue weighted by molar-refractivity contribution is -0.369. The number of phenolic OH excluding ortho intramolecular Hbond substituents is 2. The first kappa shape index (κ1) is 35.5. The summed E-state index contributed by atoms with van der Waals surface area (Å²) in [7, 11) is 0. The SMILES string of the molecule is Cc1cc(=O)c2cc3c(c(-n4cc5cc[nH]c5c4)c2o1)OC(C)(C)C(OOCC(O)(Cc1ccc(O)c2ccc(O)cc12)C(O)C(O)C(O)CO)C3. The molecule has 0 amide bonds. The molecule has 1 aliphatic heterocycles. The van der Waals surface area contributed by atoms with Gasteiger partial charge in [0.25, 0.3) is 0 Å². The van der Waals surface area contributed by atoms with E-state index in [1.165, 1.54) is 36.4 Å². The van der Waals surface area contributed by atoms with Crippen LogP contribution in [0.1, 0.15) is 30.7 Å². The molecule has 0 spiro atoms. The van der Waals surface area contributed by atoms with Gasteiger partial charge in [-0.3, -0.25) is 4.79 Å². The fraction of sp³-hybridized carbons (Fsp3) is 0.342. The minimum atomic E-state index is -2.35. The summed E-state index contributed by atoms with van der Waals surface area (Å²) in [5.74, 6) is 0.705. The maximum atomic E-state index is 13.2. The van der Waals surface area contributed by atoms with E-state index in [0.717, 1.165) is 10.9 Å². The third-order valence-corrected chi connectivity index (χ3v) is 9.82. The van der Waals surface area contributed by atoms with Gasteiger partial charge in [0.05, 0.1) is 17.5 Å². The summed E-state index contributed by atoms with van der Waals surface area (Å²) in [5.41, 5.74) is -0.926. The van der Waals surface area contributed by atoms with Gasteiger partial charge in [0, 0.05) is 53.8 Å². The Kier molecular flexibility index (Phi) is 9.03. The molecule has 14 nitrogen and oxygen atoms in total. The summed E-state index contributed by atoms with van der Waals surface area (Å²) in [6.07, 6.45) is -1.32. The van der Waals surface area contributed by atoms with E-state index >= 15 is 0 Å². The Bertz CT molecular complexity index is 2310. The number of aromatic amines is 1. The van der Waals surface area contributed by atoms with Crippen LogP contribution in [-0.2, 0) is 22.6 Å². The van der Waals surface area contributed by atoms with Crippen molar-refractivity contribution in [2.45, 2.75) is 69.2 Å². The summed E-state index contributed by atoms with van der Waals surface area (Å²) in [6, 6.07) is 12.1. The fourth-order valence-corrected chi connectivity index (χ4v) is 6.89. The molecule has 0 radical (unpaired) electrons.